The van der Waals surface area contributed by atoms with Crippen molar-refractivity contribution in [2.75, 3.05) is 6.61 Å². The van der Waals surface area contributed by atoms with Gasteiger partial charge in [0, 0.05) is 0 Å². The van der Waals surface area contributed by atoms with E-state index in [4.69, 9.17) is 4.74 Å². The molecule has 3 aromatic rings. The molecule has 0 radical (unpaired) electrons. The van der Waals surface area contributed by atoms with Gasteiger partial charge in [-0.2, -0.15) is 0 Å². The number of aromatic hydroxyl groups is 2. The van der Waals surface area contributed by atoms with Gasteiger partial charge in [-0.25, -0.2) is 9.59 Å². The highest BCUT2D eigenvalue weighted by molar-refractivity contribution is 5.94. The molecule has 0 aliphatic heterocycles. The summed E-state index contributed by atoms with van der Waals surface area (Å²) in [6.45, 7) is 6.65. The maximum Gasteiger partial charge on any atom is 0.339 e. The van der Waals surface area contributed by atoms with Crippen molar-refractivity contribution >= 4 is 11.9 Å². The molecule has 36 heavy (non-hydrogen) atoms. The Bertz CT molecular complexity index is 1180. The summed E-state index contributed by atoms with van der Waals surface area (Å²) in [5.74, 6) is -2.20. The number of unbranched alkanes of at least 4 members (excludes halogenated alkanes) is 1. The van der Waals surface area contributed by atoms with Crippen LogP contribution in [0.25, 0.3) is 22.3 Å². The molecule has 190 valence electrons. The molecular weight excluding hydrogens is 460 g/mol. The highest BCUT2D eigenvalue weighted by atomic mass is 16.5. The molecule has 7 nitrogen and oxygen atoms in total. The Balaban J connectivity index is 2.15. The summed E-state index contributed by atoms with van der Waals surface area (Å²) in [6.07, 6.45) is 4.25. The summed E-state index contributed by atoms with van der Waals surface area (Å²) in [6, 6.07) is 12.4. The first-order chi connectivity index (χ1) is 17.2. The van der Waals surface area contributed by atoms with Crippen LogP contribution in [0.2, 0.25) is 0 Å². The molecule has 0 saturated heterocycles. The van der Waals surface area contributed by atoms with Crippen LogP contribution >= 0.6 is 0 Å². The number of benzene rings is 3. The van der Waals surface area contributed by atoms with Gasteiger partial charge < -0.3 is 25.2 Å². The summed E-state index contributed by atoms with van der Waals surface area (Å²) in [5, 5.41) is 38.9. The van der Waals surface area contributed by atoms with Crippen LogP contribution in [0.15, 0.2) is 48.5 Å². The molecule has 0 aliphatic rings. The molecule has 0 bridgehead atoms. The molecule has 3 rings (SSSR count). The van der Waals surface area contributed by atoms with E-state index < -0.39 is 11.9 Å². The standard InChI is InChI=1S/C29H32O7/c1-4-6-7-18(5-2)16-36-21-14-22(19-8-10-26(30)24(12-19)28(32)33)17(3)23(15-21)20-9-11-27(31)25(13-20)29(34)35/h8-15,18,30-31H,4-7,16H2,1-3H3,(H,32,33)(H,34,35). The smallest absolute Gasteiger partial charge is 0.339 e. The van der Waals surface area contributed by atoms with E-state index >= 15 is 0 Å². The van der Waals surface area contributed by atoms with Gasteiger partial charge in [0.15, 0.2) is 0 Å². The zero-order valence-corrected chi connectivity index (χ0v) is 20.7. The zero-order chi connectivity index (χ0) is 26.4. The third-order valence-electron chi connectivity index (χ3n) is 6.49. The Hall–Kier alpha value is -4.00. The van der Waals surface area contributed by atoms with E-state index in [-0.39, 0.29) is 22.6 Å². The highest BCUT2D eigenvalue weighted by Crippen LogP contribution is 2.38. The Morgan fingerprint density at radius 2 is 1.33 bits per heavy atom. The summed E-state index contributed by atoms with van der Waals surface area (Å²) < 4.78 is 6.21. The predicted molar refractivity (Wildman–Crippen MR) is 138 cm³/mol. The Morgan fingerprint density at radius 1 is 0.833 bits per heavy atom. The molecule has 0 heterocycles. The number of ether oxygens (including phenoxy) is 1. The fourth-order valence-corrected chi connectivity index (χ4v) is 4.23. The first-order valence-corrected chi connectivity index (χ1v) is 12.1. The number of carboxylic acid groups (broad SMARTS) is 2. The van der Waals surface area contributed by atoms with Crippen molar-refractivity contribution < 1.29 is 34.8 Å². The molecular formula is C29H32O7. The number of carboxylic acids is 2. The summed E-state index contributed by atoms with van der Waals surface area (Å²) >= 11 is 0. The normalized spacial score (nSPS) is 11.8. The van der Waals surface area contributed by atoms with E-state index in [0.29, 0.717) is 40.5 Å². The average Bonchev–Trinajstić information content (AvgIpc) is 2.85. The lowest BCUT2D eigenvalue weighted by atomic mass is 9.90. The van der Waals surface area contributed by atoms with Crippen molar-refractivity contribution in [3.8, 4) is 39.5 Å². The van der Waals surface area contributed by atoms with Gasteiger partial charge in [0.05, 0.1) is 6.61 Å². The SMILES string of the molecule is CCCCC(CC)COc1cc(-c2ccc(O)c(C(=O)O)c2)c(C)c(-c2ccc(O)c(C(=O)O)c2)c1. The summed E-state index contributed by atoms with van der Waals surface area (Å²) in [4.78, 5) is 23.2. The second kappa shape index (κ2) is 11.6. The van der Waals surface area contributed by atoms with E-state index in [2.05, 4.69) is 13.8 Å². The maximum absolute atomic E-state index is 11.6. The monoisotopic (exact) mass is 492 g/mol. The summed E-state index contributed by atoms with van der Waals surface area (Å²) in [7, 11) is 0. The van der Waals surface area contributed by atoms with Gasteiger partial charge in [0.1, 0.15) is 28.4 Å². The molecule has 0 fully saturated rings. The van der Waals surface area contributed by atoms with Crippen LogP contribution in [0, 0.1) is 12.8 Å². The van der Waals surface area contributed by atoms with Crippen molar-refractivity contribution in [3.63, 3.8) is 0 Å². The van der Waals surface area contributed by atoms with Gasteiger partial charge in [-0.05, 0) is 83.5 Å². The van der Waals surface area contributed by atoms with E-state index in [1.165, 1.54) is 24.3 Å². The van der Waals surface area contributed by atoms with E-state index in [0.717, 1.165) is 31.2 Å². The quantitative estimate of drug-likeness (QED) is 0.234. The third-order valence-corrected chi connectivity index (χ3v) is 6.49. The van der Waals surface area contributed by atoms with Crippen LogP contribution < -0.4 is 4.74 Å². The van der Waals surface area contributed by atoms with Crippen LogP contribution in [0.5, 0.6) is 17.2 Å². The predicted octanol–water partition coefficient (Wildman–Crippen LogP) is 6.73. The van der Waals surface area contributed by atoms with E-state index in [1.807, 2.05) is 19.1 Å². The first kappa shape index (κ1) is 26.6. The largest absolute Gasteiger partial charge is 0.507 e. The van der Waals surface area contributed by atoms with Crippen LogP contribution in [0.3, 0.4) is 0 Å². The molecule has 0 aromatic heterocycles. The van der Waals surface area contributed by atoms with Gasteiger partial charge in [0.2, 0.25) is 0 Å². The number of hydrogen-bond acceptors (Lipinski definition) is 5. The molecule has 0 amide bonds. The van der Waals surface area contributed by atoms with Crippen molar-refractivity contribution in [2.45, 2.75) is 46.5 Å². The number of aromatic carboxylic acids is 2. The lowest BCUT2D eigenvalue weighted by Crippen LogP contribution is -2.11. The molecule has 3 aromatic carbocycles. The zero-order valence-electron chi connectivity index (χ0n) is 20.7. The van der Waals surface area contributed by atoms with Gasteiger partial charge in [-0.3, -0.25) is 0 Å². The number of rotatable bonds is 11. The van der Waals surface area contributed by atoms with E-state index in [1.54, 1.807) is 12.1 Å². The Morgan fingerprint density at radius 3 is 1.75 bits per heavy atom. The van der Waals surface area contributed by atoms with Gasteiger partial charge >= 0.3 is 11.9 Å². The molecule has 7 heteroatoms. The number of hydrogen-bond donors (Lipinski definition) is 4. The fraction of sp³-hybridized carbons (Fsp3) is 0.310. The number of phenols is 2. The molecule has 1 unspecified atom stereocenters. The second-order valence-electron chi connectivity index (χ2n) is 8.95. The van der Waals surface area contributed by atoms with Crippen molar-refractivity contribution in [1.82, 2.24) is 0 Å². The van der Waals surface area contributed by atoms with Crippen LogP contribution in [0.4, 0.5) is 0 Å². The van der Waals surface area contributed by atoms with Crippen LogP contribution in [0.1, 0.15) is 65.8 Å². The molecule has 0 spiro atoms. The second-order valence-corrected chi connectivity index (χ2v) is 8.95. The molecule has 0 aliphatic carbocycles. The fourth-order valence-electron chi connectivity index (χ4n) is 4.23. The Labute approximate surface area is 210 Å². The van der Waals surface area contributed by atoms with Crippen molar-refractivity contribution in [3.05, 3.63) is 65.2 Å². The molecule has 4 N–H and O–H groups in total. The minimum Gasteiger partial charge on any atom is -0.507 e. The minimum atomic E-state index is -1.24. The average molecular weight is 493 g/mol. The maximum atomic E-state index is 11.6. The lowest BCUT2D eigenvalue weighted by molar-refractivity contribution is 0.0682. The van der Waals surface area contributed by atoms with Crippen LogP contribution in [-0.4, -0.2) is 39.0 Å². The minimum absolute atomic E-state index is 0.219. The van der Waals surface area contributed by atoms with Crippen molar-refractivity contribution in [1.29, 1.82) is 0 Å². The Kier molecular flexibility index (Phi) is 8.59. The molecule has 0 saturated carbocycles. The molecule has 1 atom stereocenters. The van der Waals surface area contributed by atoms with Crippen LogP contribution in [-0.2, 0) is 0 Å². The van der Waals surface area contributed by atoms with Gasteiger partial charge in [-0.1, -0.05) is 45.2 Å². The van der Waals surface area contributed by atoms with E-state index in [9.17, 15) is 30.0 Å². The number of carbonyl (C=O) groups is 2. The van der Waals surface area contributed by atoms with Gasteiger partial charge in [0.25, 0.3) is 0 Å². The van der Waals surface area contributed by atoms with Crippen molar-refractivity contribution in [2.24, 2.45) is 5.92 Å². The third kappa shape index (κ3) is 5.97. The summed E-state index contributed by atoms with van der Waals surface area (Å²) in [5.41, 5.74) is 2.86. The first-order valence-electron chi connectivity index (χ1n) is 12.1. The lowest BCUT2D eigenvalue weighted by Gasteiger charge is -2.19. The topological polar surface area (TPSA) is 124 Å². The van der Waals surface area contributed by atoms with Gasteiger partial charge in [-0.15, -0.1) is 0 Å². The highest BCUT2D eigenvalue weighted by Gasteiger charge is 2.18.